The summed E-state index contributed by atoms with van der Waals surface area (Å²) >= 11 is 0. The molecule has 2 rings (SSSR count). The Labute approximate surface area is 75.0 Å². The van der Waals surface area contributed by atoms with Crippen molar-refractivity contribution in [2.75, 3.05) is 6.54 Å². The summed E-state index contributed by atoms with van der Waals surface area (Å²) in [6, 6.07) is 1.12. The molecule has 1 aromatic heterocycles. The summed E-state index contributed by atoms with van der Waals surface area (Å²) in [7, 11) is 0. The number of halogens is 2. The Kier molecular flexibility index (Phi) is 2.22. The molecule has 0 aliphatic carbocycles. The quantitative estimate of drug-likeness (QED) is 0.673. The predicted octanol–water partition coefficient (Wildman–Crippen LogP) is 1.78. The third-order valence-electron chi connectivity index (χ3n) is 2.29. The van der Waals surface area contributed by atoms with Crippen LogP contribution in [0, 0.1) is 11.8 Å². The van der Waals surface area contributed by atoms with Gasteiger partial charge in [-0.2, -0.15) is 4.39 Å². The van der Waals surface area contributed by atoms with Gasteiger partial charge in [-0.05, 0) is 19.4 Å². The molecule has 1 N–H and O–H groups in total. The van der Waals surface area contributed by atoms with Crippen LogP contribution in [-0.2, 0) is 0 Å². The van der Waals surface area contributed by atoms with E-state index in [9.17, 15) is 8.78 Å². The molecule has 1 aromatic rings. The van der Waals surface area contributed by atoms with Crippen molar-refractivity contribution in [2.24, 2.45) is 0 Å². The lowest BCUT2D eigenvalue weighted by Gasteiger charge is -2.10. The van der Waals surface area contributed by atoms with Crippen molar-refractivity contribution in [2.45, 2.75) is 18.9 Å². The second-order valence-electron chi connectivity index (χ2n) is 3.18. The highest BCUT2D eigenvalue weighted by molar-refractivity contribution is 5.19. The maximum Gasteiger partial charge on any atom is 0.213 e. The molecule has 0 aromatic carbocycles. The molecular formula is C9H10F2N2. The molecule has 0 bridgehead atoms. The molecular weight excluding hydrogens is 174 g/mol. The van der Waals surface area contributed by atoms with E-state index in [1.807, 2.05) is 0 Å². The van der Waals surface area contributed by atoms with Crippen molar-refractivity contribution in [3.8, 4) is 0 Å². The summed E-state index contributed by atoms with van der Waals surface area (Å²) < 4.78 is 25.8. The van der Waals surface area contributed by atoms with Gasteiger partial charge < -0.3 is 5.32 Å². The molecule has 2 nitrogen and oxygen atoms in total. The van der Waals surface area contributed by atoms with Gasteiger partial charge >= 0.3 is 0 Å². The van der Waals surface area contributed by atoms with Crippen molar-refractivity contribution >= 4 is 0 Å². The van der Waals surface area contributed by atoms with Gasteiger partial charge in [-0.15, -0.1) is 0 Å². The highest BCUT2D eigenvalue weighted by atomic mass is 19.1. The van der Waals surface area contributed by atoms with Crippen molar-refractivity contribution in [3.63, 3.8) is 0 Å². The zero-order valence-electron chi connectivity index (χ0n) is 7.06. The van der Waals surface area contributed by atoms with E-state index in [-0.39, 0.29) is 6.04 Å². The molecule has 0 radical (unpaired) electrons. The van der Waals surface area contributed by atoms with Gasteiger partial charge in [0.05, 0.1) is 6.20 Å². The van der Waals surface area contributed by atoms with Crippen LogP contribution in [-0.4, -0.2) is 11.5 Å². The standard InChI is InChI=1S/C9H10F2N2/c10-7-5-13-9(11)4-6(7)8-2-1-3-12-8/h4-5,8,12H,1-3H2. The number of nitrogens with zero attached hydrogens (tertiary/aromatic N) is 1. The third kappa shape index (κ3) is 1.67. The Balaban J connectivity index is 2.32. The first-order valence-electron chi connectivity index (χ1n) is 4.31. The normalized spacial score (nSPS) is 22.2. The molecule has 0 saturated carbocycles. The fourth-order valence-corrected chi connectivity index (χ4v) is 1.64. The van der Waals surface area contributed by atoms with Gasteiger partial charge in [-0.1, -0.05) is 0 Å². The summed E-state index contributed by atoms with van der Waals surface area (Å²) in [5.74, 6) is -1.05. The monoisotopic (exact) mass is 184 g/mol. The first-order chi connectivity index (χ1) is 6.27. The molecule has 1 unspecified atom stereocenters. The van der Waals surface area contributed by atoms with Crippen LogP contribution in [0.25, 0.3) is 0 Å². The molecule has 13 heavy (non-hydrogen) atoms. The Morgan fingerprint density at radius 2 is 2.31 bits per heavy atom. The lowest BCUT2D eigenvalue weighted by molar-refractivity contribution is 0.521. The SMILES string of the molecule is Fc1cc(C2CCCN2)c(F)cn1. The second kappa shape index (κ2) is 3.38. The Morgan fingerprint density at radius 3 is 3.00 bits per heavy atom. The summed E-state index contributed by atoms with van der Waals surface area (Å²) in [6.07, 6.45) is 2.80. The van der Waals surface area contributed by atoms with E-state index in [0.717, 1.165) is 25.6 Å². The number of nitrogens with one attached hydrogen (secondary N) is 1. The van der Waals surface area contributed by atoms with Gasteiger partial charge in [-0.3, -0.25) is 0 Å². The highest BCUT2D eigenvalue weighted by Crippen LogP contribution is 2.24. The molecule has 4 heteroatoms. The highest BCUT2D eigenvalue weighted by Gasteiger charge is 2.20. The van der Waals surface area contributed by atoms with Crippen LogP contribution in [0.2, 0.25) is 0 Å². The molecule has 1 atom stereocenters. The Hall–Kier alpha value is -1.03. The molecule has 0 amide bonds. The smallest absolute Gasteiger partial charge is 0.213 e. The van der Waals surface area contributed by atoms with Crippen molar-refractivity contribution < 1.29 is 8.78 Å². The lowest BCUT2D eigenvalue weighted by atomic mass is 10.1. The topological polar surface area (TPSA) is 24.9 Å². The summed E-state index contributed by atoms with van der Waals surface area (Å²) in [4.78, 5) is 3.24. The van der Waals surface area contributed by atoms with Crippen LogP contribution in [0.1, 0.15) is 24.4 Å². The van der Waals surface area contributed by atoms with E-state index in [1.165, 1.54) is 6.07 Å². The van der Waals surface area contributed by atoms with E-state index in [2.05, 4.69) is 10.3 Å². The fraction of sp³-hybridized carbons (Fsp3) is 0.444. The minimum absolute atomic E-state index is 0.0440. The molecule has 0 spiro atoms. The first kappa shape index (κ1) is 8.56. The van der Waals surface area contributed by atoms with Crippen LogP contribution in [0.5, 0.6) is 0 Å². The molecule has 1 fully saturated rings. The predicted molar refractivity (Wildman–Crippen MR) is 44.1 cm³/mol. The summed E-state index contributed by atoms with van der Waals surface area (Å²) in [5, 5.41) is 3.11. The first-order valence-corrected chi connectivity index (χ1v) is 4.31. The van der Waals surface area contributed by atoms with E-state index >= 15 is 0 Å². The van der Waals surface area contributed by atoms with Crippen LogP contribution in [0.15, 0.2) is 12.3 Å². The number of hydrogen-bond acceptors (Lipinski definition) is 2. The number of pyridine rings is 1. The van der Waals surface area contributed by atoms with Gasteiger partial charge in [0.15, 0.2) is 0 Å². The minimum atomic E-state index is -0.620. The van der Waals surface area contributed by atoms with Gasteiger partial charge in [0.1, 0.15) is 5.82 Å². The Bertz CT molecular complexity index is 308. The van der Waals surface area contributed by atoms with Crippen LogP contribution in [0.3, 0.4) is 0 Å². The second-order valence-corrected chi connectivity index (χ2v) is 3.18. The average molecular weight is 184 g/mol. The van der Waals surface area contributed by atoms with E-state index < -0.39 is 11.8 Å². The van der Waals surface area contributed by atoms with Crippen LogP contribution >= 0.6 is 0 Å². The third-order valence-corrected chi connectivity index (χ3v) is 2.29. The molecule has 1 aliphatic heterocycles. The summed E-state index contributed by atoms with van der Waals surface area (Å²) in [5.41, 5.74) is 0.394. The Morgan fingerprint density at radius 1 is 1.46 bits per heavy atom. The van der Waals surface area contributed by atoms with E-state index in [4.69, 9.17) is 0 Å². The van der Waals surface area contributed by atoms with Crippen molar-refractivity contribution in [3.05, 3.63) is 29.6 Å². The lowest BCUT2D eigenvalue weighted by Crippen LogP contribution is -2.14. The minimum Gasteiger partial charge on any atom is -0.310 e. The zero-order valence-corrected chi connectivity index (χ0v) is 7.06. The van der Waals surface area contributed by atoms with Crippen molar-refractivity contribution in [1.82, 2.24) is 10.3 Å². The zero-order chi connectivity index (χ0) is 9.26. The maximum atomic E-state index is 13.2. The van der Waals surface area contributed by atoms with E-state index in [1.54, 1.807) is 0 Å². The molecule has 1 saturated heterocycles. The van der Waals surface area contributed by atoms with Gasteiger partial charge in [-0.25, -0.2) is 9.37 Å². The largest absolute Gasteiger partial charge is 0.310 e. The molecule has 70 valence electrons. The van der Waals surface area contributed by atoms with Crippen molar-refractivity contribution in [1.29, 1.82) is 0 Å². The molecule has 1 aliphatic rings. The van der Waals surface area contributed by atoms with Gasteiger partial charge in [0.25, 0.3) is 0 Å². The maximum absolute atomic E-state index is 13.2. The number of hydrogen-bond donors (Lipinski definition) is 1. The van der Waals surface area contributed by atoms with Gasteiger partial charge in [0.2, 0.25) is 5.95 Å². The van der Waals surface area contributed by atoms with E-state index in [0.29, 0.717) is 5.56 Å². The average Bonchev–Trinajstić information content (AvgIpc) is 2.61. The molecule has 2 heterocycles. The van der Waals surface area contributed by atoms with Gasteiger partial charge in [0, 0.05) is 17.7 Å². The van der Waals surface area contributed by atoms with Crippen LogP contribution < -0.4 is 5.32 Å². The fourth-order valence-electron chi connectivity index (χ4n) is 1.64. The number of rotatable bonds is 1. The summed E-state index contributed by atoms with van der Waals surface area (Å²) in [6.45, 7) is 0.869. The van der Waals surface area contributed by atoms with Crippen LogP contribution in [0.4, 0.5) is 8.78 Å². The number of aromatic nitrogens is 1.